The average molecular weight is 680 g/mol. The summed E-state index contributed by atoms with van der Waals surface area (Å²) in [6.07, 6.45) is 7.00. The molecule has 2 heterocycles. The van der Waals surface area contributed by atoms with Crippen molar-refractivity contribution in [1.29, 1.82) is 0 Å². The minimum absolute atomic E-state index is 0.0879. The number of aromatic nitrogens is 4. The number of rotatable bonds is 6. The Morgan fingerprint density at radius 1 is 0.644 bits per heavy atom. The second-order valence-corrected chi connectivity index (χ2v) is 11.1. The Hall–Kier alpha value is -4.60. The predicted molar refractivity (Wildman–Crippen MR) is 176 cm³/mol. The van der Waals surface area contributed by atoms with Crippen LogP contribution in [0.5, 0.6) is 0 Å². The van der Waals surface area contributed by atoms with E-state index in [1.807, 2.05) is 73.1 Å². The van der Waals surface area contributed by atoms with Crippen LogP contribution in [0.15, 0.2) is 110 Å². The van der Waals surface area contributed by atoms with Gasteiger partial charge < -0.3 is 19.0 Å². The van der Waals surface area contributed by atoms with Gasteiger partial charge in [-0.15, -0.1) is 0 Å². The van der Waals surface area contributed by atoms with E-state index in [4.69, 9.17) is 51.5 Å². The normalized spacial score (nSPS) is 10.6. The van der Waals surface area contributed by atoms with E-state index in [1.54, 1.807) is 46.1 Å². The zero-order valence-corrected chi connectivity index (χ0v) is 26.4. The lowest BCUT2D eigenvalue weighted by atomic mass is 10.2. The van der Waals surface area contributed by atoms with Crippen molar-refractivity contribution in [2.75, 3.05) is 7.11 Å². The van der Waals surface area contributed by atoms with Gasteiger partial charge in [0, 0.05) is 34.9 Å². The highest BCUT2D eigenvalue weighted by Crippen LogP contribution is 2.31. The Morgan fingerprint density at radius 2 is 1.02 bits per heavy atom. The largest absolute Gasteiger partial charge is 0.478 e. The third-order valence-electron chi connectivity index (χ3n) is 6.56. The molecule has 0 radical (unpaired) electrons. The van der Waals surface area contributed by atoms with Crippen LogP contribution in [0, 0.1) is 0 Å². The minimum Gasteiger partial charge on any atom is -0.478 e. The van der Waals surface area contributed by atoms with Gasteiger partial charge in [0.15, 0.2) is 0 Å². The van der Waals surface area contributed by atoms with Gasteiger partial charge in [0.05, 0.1) is 62.4 Å². The van der Waals surface area contributed by atoms with Crippen LogP contribution in [-0.4, -0.2) is 43.3 Å². The number of carbonyl (C=O) groups excluding carboxylic acids is 1. The van der Waals surface area contributed by atoms with Crippen molar-refractivity contribution in [3.05, 3.63) is 141 Å². The molecule has 1 N–H and O–H groups in total. The van der Waals surface area contributed by atoms with Crippen LogP contribution in [0.25, 0.3) is 33.9 Å². The van der Waals surface area contributed by atoms with Crippen LogP contribution in [0.3, 0.4) is 0 Å². The van der Waals surface area contributed by atoms with E-state index in [-0.39, 0.29) is 31.2 Å². The number of nitrogens with zero attached hydrogens (tertiary/aromatic N) is 4. The summed E-state index contributed by atoms with van der Waals surface area (Å²) in [5, 5.41) is 9.71. The Bertz CT molecular complexity index is 1950. The lowest BCUT2D eigenvalue weighted by Crippen LogP contribution is -2.04. The van der Waals surface area contributed by atoms with Gasteiger partial charge in [-0.1, -0.05) is 107 Å². The second kappa shape index (κ2) is 14.0. The van der Waals surface area contributed by atoms with Gasteiger partial charge in [0.25, 0.3) is 0 Å². The van der Waals surface area contributed by atoms with Crippen molar-refractivity contribution < 1.29 is 19.4 Å². The molecule has 8 nitrogen and oxygen atoms in total. The number of carbonyl (C=O) groups is 2. The molecule has 0 amide bonds. The third-order valence-corrected chi connectivity index (χ3v) is 7.75. The van der Waals surface area contributed by atoms with Gasteiger partial charge >= 0.3 is 11.9 Å². The fourth-order valence-corrected chi connectivity index (χ4v) is 5.63. The molecule has 12 heteroatoms. The van der Waals surface area contributed by atoms with Crippen molar-refractivity contribution in [2.24, 2.45) is 0 Å². The topological polar surface area (TPSA) is 99.2 Å². The fraction of sp³-hybridized carbons (Fsp3) is 0.0303. The number of hydrogen-bond donors (Lipinski definition) is 1. The molecule has 0 aliphatic carbocycles. The molecule has 4 aromatic carbocycles. The number of imidazole rings is 2. The monoisotopic (exact) mass is 678 g/mol. The first-order valence-corrected chi connectivity index (χ1v) is 14.7. The maximum atomic E-state index is 11.7. The molecule has 0 aliphatic rings. The highest BCUT2D eigenvalue weighted by molar-refractivity contribution is 6.40. The first kappa shape index (κ1) is 31.8. The molecule has 0 atom stereocenters. The van der Waals surface area contributed by atoms with Crippen LogP contribution in [0.4, 0.5) is 0 Å². The van der Waals surface area contributed by atoms with Crippen molar-refractivity contribution in [3.63, 3.8) is 0 Å². The van der Waals surface area contributed by atoms with E-state index in [9.17, 15) is 9.59 Å². The number of carboxylic acids is 1. The number of carboxylic acid groups (broad SMARTS) is 1. The molecule has 0 aliphatic heterocycles. The third kappa shape index (κ3) is 7.21. The molecule has 6 rings (SSSR count). The highest BCUT2D eigenvalue weighted by atomic mass is 35.5. The SMILES string of the molecule is COC(=O)c1c(Cl)cc(-n2cnc(-c3ccccc3)c2)cc1Cl.O=C(O)c1c(Cl)cc(-n2cnc(-c3ccccc3)c2)cc1Cl. The van der Waals surface area contributed by atoms with Crippen LogP contribution in [0.2, 0.25) is 20.1 Å². The van der Waals surface area contributed by atoms with Gasteiger partial charge in [0.1, 0.15) is 0 Å². The average Bonchev–Trinajstić information content (AvgIpc) is 3.73. The number of hydrogen-bond acceptors (Lipinski definition) is 5. The van der Waals surface area contributed by atoms with Crippen LogP contribution in [0.1, 0.15) is 20.7 Å². The summed E-state index contributed by atoms with van der Waals surface area (Å²) < 4.78 is 8.21. The van der Waals surface area contributed by atoms with Gasteiger partial charge in [-0.3, -0.25) is 0 Å². The van der Waals surface area contributed by atoms with Gasteiger partial charge in [-0.2, -0.15) is 0 Å². The maximum absolute atomic E-state index is 11.7. The van der Waals surface area contributed by atoms with Crippen molar-refractivity contribution in [2.45, 2.75) is 0 Å². The summed E-state index contributed by atoms with van der Waals surface area (Å²) in [5.74, 6) is -1.72. The van der Waals surface area contributed by atoms with Crippen molar-refractivity contribution >= 4 is 58.3 Å². The molecule has 6 aromatic rings. The van der Waals surface area contributed by atoms with E-state index in [2.05, 4.69) is 14.7 Å². The standard InChI is InChI=1S/C17H12Cl2N2O2.C16H10Cl2N2O2/c1-23-17(22)16-13(18)7-12(8-14(16)19)21-9-15(20-10-21)11-5-3-2-4-6-11;17-12-6-11(7-13(18)15(12)16(21)22)20-8-14(19-9-20)10-4-2-1-3-5-10/h2-10H,1H3;1-9H,(H,21,22). The first-order chi connectivity index (χ1) is 21.7. The number of aromatic carboxylic acids is 1. The Morgan fingerprint density at radius 3 is 1.38 bits per heavy atom. The van der Waals surface area contributed by atoms with E-state index >= 15 is 0 Å². The maximum Gasteiger partial charge on any atom is 0.340 e. The molecular weight excluding hydrogens is 658 g/mol. The summed E-state index contributed by atoms with van der Waals surface area (Å²) in [4.78, 5) is 31.5. The molecule has 0 spiro atoms. The Balaban J connectivity index is 0.000000178. The van der Waals surface area contributed by atoms with E-state index in [0.717, 1.165) is 22.5 Å². The number of benzene rings is 4. The molecule has 0 fully saturated rings. The lowest BCUT2D eigenvalue weighted by molar-refractivity contribution is 0.0600. The number of halogens is 4. The molecule has 0 bridgehead atoms. The molecular formula is C33H22Cl4N4O4. The molecule has 0 unspecified atom stereocenters. The summed E-state index contributed by atoms with van der Waals surface area (Å²) in [7, 11) is 1.28. The van der Waals surface area contributed by atoms with Gasteiger partial charge in [-0.05, 0) is 24.3 Å². The van der Waals surface area contributed by atoms with E-state index < -0.39 is 11.9 Å². The zero-order valence-electron chi connectivity index (χ0n) is 23.4. The highest BCUT2D eigenvalue weighted by Gasteiger charge is 2.18. The van der Waals surface area contributed by atoms with E-state index in [1.165, 1.54) is 7.11 Å². The first-order valence-electron chi connectivity index (χ1n) is 13.2. The molecule has 0 saturated carbocycles. The second-order valence-electron chi connectivity index (χ2n) is 9.43. The Kier molecular flexibility index (Phi) is 9.90. The Labute approximate surface area is 278 Å². The predicted octanol–water partition coefficient (Wildman–Crippen LogP) is 9.18. The summed E-state index contributed by atoms with van der Waals surface area (Å²) in [6.45, 7) is 0. The van der Waals surface area contributed by atoms with Crippen LogP contribution < -0.4 is 0 Å². The van der Waals surface area contributed by atoms with Gasteiger partial charge in [-0.25, -0.2) is 19.6 Å². The van der Waals surface area contributed by atoms with E-state index in [0.29, 0.717) is 11.4 Å². The zero-order chi connectivity index (χ0) is 32.1. The summed E-state index contributed by atoms with van der Waals surface area (Å²) >= 11 is 24.3. The lowest BCUT2D eigenvalue weighted by Gasteiger charge is -2.08. The van der Waals surface area contributed by atoms with Crippen molar-refractivity contribution in [3.8, 4) is 33.9 Å². The van der Waals surface area contributed by atoms with Crippen LogP contribution >= 0.6 is 46.4 Å². The molecule has 2 aromatic heterocycles. The quantitative estimate of drug-likeness (QED) is 0.176. The van der Waals surface area contributed by atoms with Crippen molar-refractivity contribution in [1.82, 2.24) is 19.1 Å². The minimum atomic E-state index is -1.16. The number of methoxy groups -OCH3 is 1. The number of esters is 1. The fourth-order valence-electron chi connectivity index (χ4n) is 4.36. The molecule has 45 heavy (non-hydrogen) atoms. The molecule has 226 valence electrons. The summed E-state index contributed by atoms with van der Waals surface area (Å²) in [5.41, 5.74) is 5.04. The number of ether oxygens (including phenoxy) is 1. The smallest absolute Gasteiger partial charge is 0.340 e. The summed E-state index contributed by atoms with van der Waals surface area (Å²) in [6, 6.07) is 25.9. The molecule has 0 saturated heterocycles. The van der Waals surface area contributed by atoms with Crippen LogP contribution in [-0.2, 0) is 4.74 Å². The van der Waals surface area contributed by atoms with Gasteiger partial charge in [0.2, 0.25) is 0 Å².